The quantitative estimate of drug-likeness (QED) is 0.834. The van der Waals surface area contributed by atoms with Crippen molar-refractivity contribution < 1.29 is 4.79 Å². The van der Waals surface area contributed by atoms with Crippen LogP contribution in [0.5, 0.6) is 0 Å². The number of nitrogens with zero attached hydrogens (tertiary/aromatic N) is 5. The van der Waals surface area contributed by atoms with E-state index in [-0.39, 0.29) is 11.9 Å². The van der Waals surface area contributed by atoms with Crippen LogP contribution in [0.15, 0.2) is 24.8 Å². The summed E-state index contributed by atoms with van der Waals surface area (Å²) < 4.78 is 3.46. The molecule has 7 nitrogen and oxygen atoms in total. The predicted octanol–water partition coefficient (Wildman–Crippen LogP) is 1.31. The molecule has 2 rings (SSSR count). The van der Waals surface area contributed by atoms with Gasteiger partial charge in [0.15, 0.2) is 0 Å². The molecule has 0 unspecified atom stereocenters. The van der Waals surface area contributed by atoms with Gasteiger partial charge in [0, 0.05) is 32.4 Å². The Bertz CT molecular complexity index is 560. The number of hydrogen-bond donors (Lipinski definition) is 1. The third-order valence-corrected chi connectivity index (χ3v) is 3.23. The summed E-state index contributed by atoms with van der Waals surface area (Å²) >= 11 is 0. The van der Waals surface area contributed by atoms with Gasteiger partial charge in [-0.3, -0.25) is 14.2 Å². The molecule has 114 valence electrons. The van der Waals surface area contributed by atoms with Crippen LogP contribution >= 0.6 is 0 Å². The average molecular weight is 290 g/mol. The molecule has 1 N–H and O–H groups in total. The Labute approximate surface area is 124 Å². The van der Waals surface area contributed by atoms with Crippen LogP contribution in [0.25, 0.3) is 0 Å². The summed E-state index contributed by atoms with van der Waals surface area (Å²) in [6.07, 6.45) is 6.30. The van der Waals surface area contributed by atoms with Gasteiger partial charge in [-0.2, -0.15) is 10.2 Å². The van der Waals surface area contributed by atoms with Crippen molar-refractivity contribution in [2.75, 3.05) is 0 Å². The minimum absolute atomic E-state index is 0.000787. The third-order valence-electron chi connectivity index (χ3n) is 3.23. The van der Waals surface area contributed by atoms with Crippen molar-refractivity contribution in [1.29, 1.82) is 0 Å². The summed E-state index contributed by atoms with van der Waals surface area (Å²) in [6, 6.07) is 1.74. The fraction of sp³-hybridized carbons (Fsp3) is 0.571. The molecule has 1 atom stereocenters. The number of aromatic nitrogens is 5. The number of aryl methyl sites for hydroxylation is 2. The second-order valence-corrected chi connectivity index (χ2v) is 5.51. The molecule has 0 aromatic carbocycles. The molecule has 0 saturated carbocycles. The second kappa shape index (κ2) is 7.01. The van der Waals surface area contributed by atoms with Gasteiger partial charge in [-0.15, -0.1) is 0 Å². The van der Waals surface area contributed by atoms with Gasteiger partial charge >= 0.3 is 0 Å². The first-order valence-corrected chi connectivity index (χ1v) is 7.17. The molecule has 0 bridgehead atoms. The molecular weight excluding hydrogens is 268 g/mol. The van der Waals surface area contributed by atoms with Crippen LogP contribution in [0.4, 0.5) is 0 Å². The summed E-state index contributed by atoms with van der Waals surface area (Å²) in [5.74, 6) is 1.24. The molecule has 0 saturated heterocycles. The van der Waals surface area contributed by atoms with E-state index in [1.807, 2.05) is 19.3 Å². The van der Waals surface area contributed by atoms with Gasteiger partial charge in [0.05, 0.1) is 6.04 Å². The van der Waals surface area contributed by atoms with Gasteiger partial charge in [-0.05, 0) is 18.4 Å². The van der Waals surface area contributed by atoms with Crippen LogP contribution in [-0.2, 0) is 18.4 Å². The maximum atomic E-state index is 12.1. The van der Waals surface area contributed by atoms with Crippen LogP contribution < -0.4 is 5.32 Å². The lowest BCUT2D eigenvalue weighted by molar-refractivity contribution is -0.122. The van der Waals surface area contributed by atoms with Gasteiger partial charge in [-0.25, -0.2) is 4.98 Å². The SMILES string of the molecule is CC(C)C[C@@H](NC(=O)CCn1cccn1)c1ncnn1C. The first kappa shape index (κ1) is 15.2. The number of rotatable bonds is 7. The monoisotopic (exact) mass is 290 g/mol. The number of nitrogens with one attached hydrogen (secondary N) is 1. The van der Waals surface area contributed by atoms with E-state index in [2.05, 4.69) is 34.3 Å². The molecule has 1 amide bonds. The van der Waals surface area contributed by atoms with Crippen molar-refractivity contribution in [2.45, 2.75) is 39.3 Å². The number of hydrogen-bond acceptors (Lipinski definition) is 4. The van der Waals surface area contributed by atoms with Gasteiger partial charge in [0.2, 0.25) is 5.91 Å². The highest BCUT2D eigenvalue weighted by atomic mass is 16.1. The largest absolute Gasteiger partial charge is 0.346 e. The summed E-state index contributed by atoms with van der Waals surface area (Å²) in [5, 5.41) is 11.2. The van der Waals surface area contributed by atoms with Gasteiger partial charge < -0.3 is 5.32 Å². The minimum atomic E-state index is -0.109. The maximum absolute atomic E-state index is 12.1. The Morgan fingerprint density at radius 2 is 2.19 bits per heavy atom. The van der Waals surface area contributed by atoms with Crippen LogP contribution in [-0.4, -0.2) is 30.5 Å². The van der Waals surface area contributed by atoms with E-state index in [0.29, 0.717) is 18.9 Å². The number of carbonyl (C=O) groups is 1. The van der Waals surface area contributed by atoms with E-state index in [1.165, 1.54) is 6.33 Å². The Morgan fingerprint density at radius 3 is 2.76 bits per heavy atom. The molecule has 2 aromatic rings. The topological polar surface area (TPSA) is 77.6 Å². The highest BCUT2D eigenvalue weighted by Crippen LogP contribution is 2.18. The van der Waals surface area contributed by atoms with Crippen molar-refractivity contribution in [3.05, 3.63) is 30.6 Å². The Balaban J connectivity index is 1.95. The standard InChI is InChI=1S/C14H22N6O/c1-11(2)9-12(14-15-10-17-19(14)3)18-13(21)5-8-20-7-4-6-16-20/h4,6-7,10-12H,5,8-9H2,1-3H3,(H,18,21)/t12-/m1/s1. The zero-order chi connectivity index (χ0) is 15.2. The first-order chi connectivity index (χ1) is 10.1. The van der Waals surface area contributed by atoms with Gasteiger partial charge in [0.25, 0.3) is 0 Å². The lowest BCUT2D eigenvalue weighted by Gasteiger charge is -2.19. The van der Waals surface area contributed by atoms with Crippen molar-refractivity contribution in [3.8, 4) is 0 Å². The van der Waals surface area contributed by atoms with Crippen molar-refractivity contribution in [3.63, 3.8) is 0 Å². The first-order valence-electron chi connectivity index (χ1n) is 7.17. The zero-order valence-electron chi connectivity index (χ0n) is 12.7. The molecule has 0 fully saturated rings. The Hall–Kier alpha value is -2.18. The van der Waals surface area contributed by atoms with Crippen LogP contribution in [0.2, 0.25) is 0 Å². The molecule has 0 aliphatic rings. The van der Waals surface area contributed by atoms with Crippen molar-refractivity contribution in [1.82, 2.24) is 29.9 Å². The molecule has 21 heavy (non-hydrogen) atoms. The summed E-state index contributed by atoms with van der Waals surface area (Å²) in [5.41, 5.74) is 0. The smallest absolute Gasteiger partial charge is 0.222 e. The zero-order valence-corrected chi connectivity index (χ0v) is 12.7. The molecule has 2 heterocycles. The van der Waals surface area contributed by atoms with E-state index in [4.69, 9.17) is 0 Å². The molecule has 0 radical (unpaired) electrons. The van der Waals surface area contributed by atoms with Crippen LogP contribution in [0.3, 0.4) is 0 Å². The second-order valence-electron chi connectivity index (χ2n) is 5.51. The van der Waals surface area contributed by atoms with E-state index in [1.54, 1.807) is 15.6 Å². The summed E-state index contributed by atoms with van der Waals surface area (Å²) in [4.78, 5) is 16.4. The van der Waals surface area contributed by atoms with Gasteiger partial charge in [0.1, 0.15) is 12.2 Å². The van der Waals surface area contributed by atoms with Crippen LogP contribution in [0.1, 0.15) is 38.6 Å². The molecule has 0 aliphatic carbocycles. The average Bonchev–Trinajstić information content (AvgIpc) is 3.06. The lowest BCUT2D eigenvalue weighted by atomic mass is 10.0. The Kier molecular flexibility index (Phi) is 5.08. The van der Waals surface area contributed by atoms with E-state index >= 15 is 0 Å². The Morgan fingerprint density at radius 1 is 1.38 bits per heavy atom. The maximum Gasteiger partial charge on any atom is 0.222 e. The van der Waals surface area contributed by atoms with E-state index in [0.717, 1.165) is 12.2 Å². The molecular formula is C14H22N6O. The molecule has 0 aliphatic heterocycles. The van der Waals surface area contributed by atoms with Crippen molar-refractivity contribution in [2.24, 2.45) is 13.0 Å². The fourth-order valence-corrected chi connectivity index (χ4v) is 2.24. The predicted molar refractivity (Wildman–Crippen MR) is 78.2 cm³/mol. The van der Waals surface area contributed by atoms with Crippen LogP contribution in [0, 0.1) is 5.92 Å². The van der Waals surface area contributed by atoms with E-state index in [9.17, 15) is 4.79 Å². The molecule has 0 spiro atoms. The van der Waals surface area contributed by atoms with Crippen molar-refractivity contribution >= 4 is 5.91 Å². The number of amides is 1. The third kappa shape index (κ3) is 4.40. The summed E-state index contributed by atoms with van der Waals surface area (Å²) in [7, 11) is 1.84. The van der Waals surface area contributed by atoms with Gasteiger partial charge in [-0.1, -0.05) is 13.8 Å². The number of carbonyl (C=O) groups excluding carboxylic acids is 1. The molecule has 7 heteroatoms. The highest BCUT2D eigenvalue weighted by molar-refractivity contribution is 5.76. The normalized spacial score (nSPS) is 12.6. The summed E-state index contributed by atoms with van der Waals surface area (Å²) in [6.45, 7) is 4.82. The fourth-order valence-electron chi connectivity index (χ4n) is 2.24. The minimum Gasteiger partial charge on any atom is -0.346 e. The highest BCUT2D eigenvalue weighted by Gasteiger charge is 2.20. The van der Waals surface area contributed by atoms with E-state index < -0.39 is 0 Å². The lowest BCUT2D eigenvalue weighted by Crippen LogP contribution is -2.32. The molecule has 2 aromatic heterocycles.